The molecular formula is C17H22N2O11S. The molecule has 0 fully saturated rings. The Morgan fingerprint density at radius 2 is 1.16 bits per heavy atom. The molecule has 0 aromatic heterocycles. The predicted molar refractivity (Wildman–Crippen MR) is 106 cm³/mol. The first-order chi connectivity index (χ1) is 13.8. The van der Waals surface area contributed by atoms with Gasteiger partial charge in [0, 0.05) is 37.4 Å². The summed E-state index contributed by atoms with van der Waals surface area (Å²) >= 11 is 0. The van der Waals surface area contributed by atoms with Crippen LogP contribution in [0, 0.1) is 0 Å². The highest BCUT2D eigenvalue weighted by Crippen LogP contribution is 2.19. The van der Waals surface area contributed by atoms with Gasteiger partial charge in [0.1, 0.15) is 0 Å². The molecule has 0 atom stereocenters. The third kappa shape index (κ3) is 15.0. The maximum absolute atomic E-state index is 11.1. The van der Waals surface area contributed by atoms with Crippen molar-refractivity contribution >= 4 is 34.1 Å². The van der Waals surface area contributed by atoms with Gasteiger partial charge in [-0.3, -0.25) is 0 Å². The van der Waals surface area contributed by atoms with Gasteiger partial charge in [0.25, 0.3) is 10.2 Å². The summed E-state index contributed by atoms with van der Waals surface area (Å²) in [5.74, 6) is -5.03. The Bertz CT molecular complexity index is 873. The van der Waals surface area contributed by atoms with Gasteiger partial charge in [0.05, 0.1) is 0 Å². The molecule has 0 bridgehead atoms. The van der Waals surface area contributed by atoms with Crippen LogP contribution in [0.2, 0.25) is 0 Å². The minimum atomic E-state index is -3.54. The molecule has 1 aliphatic rings. The van der Waals surface area contributed by atoms with E-state index in [-0.39, 0.29) is 5.48 Å². The molecule has 0 unspecified atom stereocenters. The molecule has 1 aliphatic heterocycles. The molecule has 2 rings (SSSR count). The van der Waals surface area contributed by atoms with Crippen LogP contribution in [0.5, 0.6) is 0 Å². The molecule has 0 aliphatic carbocycles. The van der Waals surface area contributed by atoms with E-state index in [0.717, 1.165) is 12.0 Å². The van der Waals surface area contributed by atoms with Gasteiger partial charge < -0.3 is 25.9 Å². The van der Waals surface area contributed by atoms with E-state index in [4.69, 9.17) is 25.6 Å². The highest BCUT2D eigenvalue weighted by atomic mass is 32.2. The van der Waals surface area contributed by atoms with Gasteiger partial charge in [-0.25, -0.2) is 24.3 Å². The summed E-state index contributed by atoms with van der Waals surface area (Å²) in [5.41, 5.74) is 2.26. The van der Waals surface area contributed by atoms with Crippen LogP contribution in [0.15, 0.2) is 48.6 Å². The topological polar surface area (TPSA) is 244 Å². The summed E-state index contributed by atoms with van der Waals surface area (Å²) in [6, 6.07) is 7.83. The van der Waals surface area contributed by atoms with Gasteiger partial charge in [0.15, 0.2) is 0 Å². The molecule has 1 aromatic carbocycles. The Hall–Kier alpha value is -3.59. The lowest BCUT2D eigenvalue weighted by atomic mass is 10.0. The number of rotatable bonds is 5. The minimum Gasteiger partial charge on any atom is -0.478 e. The van der Waals surface area contributed by atoms with E-state index in [9.17, 15) is 27.6 Å². The first kappa shape index (κ1) is 29.6. The smallest absolute Gasteiger partial charge is 0.328 e. The van der Waals surface area contributed by atoms with Crippen LogP contribution < -0.4 is 5.14 Å². The van der Waals surface area contributed by atoms with E-state index in [1.807, 2.05) is 24.3 Å². The lowest BCUT2D eigenvalue weighted by molar-refractivity contribution is -0.134. The van der Waals surface area contributed by atoms with Crippen molar-refractivity contribution in [2.75, 3.05) is 6.54 Å². The van der Waals surface area contributed by atoms with Gasteiger partial charge in [0.2, 0.25) is 0 Å². The van der Waals surface area contributed by atoms with Crippen molar-refractivity contribution in [3.8, 4) is 0 Å². The second-order valence-electron chi connectivity index (χ2n) is 5.42. The van der Waals surface area contributed by atoms with Crippen molar-refractivity contribution in [2.24, 2.45) is 5.14 Å². The van der Waals surface area contributed by atoms with Crippen LogP contribution >= 0.6 is 0 Å². The van der Waals surface area contributed by atoms with Crippen molar-refractivity contribution < 1.29 is 53.5 Å². The summed E-state index contributed by atoms with van der Waals surface area (Å²) in [4.78, 5) is 38.2. The summed E-state index contributed by atoms with van der Waals surface area (Å²) in [7, 11) is -3.54. The van der Waals surface area contributed by atoms with Crippen LogP contribution in [0.3, 0.4) is 0 Å². The average molecular weight is 462 g/mol. The van der Waals surface area contributed by atoms with Gasteiger partial charge in [-0.05, 0) is 17.5 Å². The molecule has 0 spiro atoms. The fraction of sp³-hybridized carbons (Fsp3) is 0.176. The molecule has 0 radical (unpaired) electrons. The van der Waals surface area contributed by atoms with E-state index in [1.165, 1.54) is 9.87 Å². The largest absolute Gasteiger partial charge is 0.478 e. The van der Waals surface area contributed by atoms with E-state index < -0.39 is 34.1 Å². The molecule has 0 amide bonds. The first-order valence-corrected chi connectivity index (χ1v) is 9.45. The molecule has 0 saturated carbocycles. The first-order valence-electron chi connectivity index (χ1n) is 7.95. The standard InChI is InChI=1S/C9H12N2O2S.2C4H4O4.H2O/c10-14(12,13)11-6-5-8-3-1-2-4-9(8)7-11;2*5-3(6)1-2-4(7)8;/h1-4H,5-7H2,(H2,10,12,13);2*1-2H,(H,5,6)(H,7,8);1H2. The van der Waals surface area contributed by atoms with E-state index in [1.54, 1.807) is 0 Å². The Labute approximate surface area is 176 Å². The molecule has 13 nitrogen and oxygen atoms in total. The second-order valence-corrected chi connectivity index (χ2v) is 6.96. The number of hydrogen-bond donors (Lipinski definition) is 5. The molecule has 1 heterocycles. The Morgan fingerprint density at radius 1 is 0.806 bits per heavy atom. The molecule has 0 saturated heterocycles. The minimum absolute atomic E-state index is 0. The fourth-order valence-electron chi connectivity index (χ4n) is 1.97. The quantitative estimate of drug-likeness (QED) is 0.329. The summed E-state index contributed by atoms with van der Waals surface area (Å²) in [5, 5.41) is 36.3. The third-order valence-corrected chi connectivity index (χ3v) is 4.22. The zero-order valence-electron chi connectivity index (χ0n) is 15.9. The van der Waals surface area contributed by atoms with Gasteiger partial charge in [-0.2, -0.15) is 12.7 Å². The monoisotopic (exact) mass is 462 g/mol. The van der Waals surface area contributed by atoms with E-state index >= 15 is 0 Å². The van der Waals surface area contributed by atoms with Crippen LogP contribution in [0.25, 0.3) is 0 Å². The Kier molecular flexibility index (Phi) is 13.8. The maximum Gasteiger partial charge on any atom is 0.328 e. The molecule has 31 heavy (non-hydrogen) atoms. The molecule has 1 aromatic rings. The van der Waals surface area contributed by atoms with E-state index in [0.29, 0.717) is 37.4 Å². The normalized spacial score (nSPS) is 12.9. The Balaban J connectivity index is 0. The van der Waals surface area contributed by atoms with Crippen LogP contribution in [0.4, 0.5) is 0 Å². The number of carbonyl (C=O) groups is 4. The number of carboxylic acid groups (broad SMARTS) is 4. The van der Waals surface area contributed by atoms with Crippen molar-refractivity contribution in [1.29, 1.82) is 0 Å². The van der Waals surface area contributed by atoms with Gasteiger partial charge in [-0.15, -0.1) is 0 Å². The van der Waals surface area contributed by atoms with Crippen LogP contribution in [-0.2, 0) is 42.4 Å². The lowest BCUT2D eigenvalue weighted by Gasteiger charge is -2.25. The number of nitrogens with two attached hydrogens (primary N) is 1. The summed E-state index contributed by atoms with van der Waals surface area (Å²) in [6.45, 7) is 0.880. The van der Waals surface area contributed by atoms with Crippen molar-refractivity contribution in [3.63, 3.8) is 0 Å². The highest BCUT2D eigenvalue weighted by molar-refractivity contribution is 7.86. The van der Waals surface area contributed by atoms with Crippen molar-refractivity contribution in [2.45, 2.75) is 13.0 Å². The van der Waals surface area contributed by atoms with Crippen molar-refractivity contribution in [3.05, 3.63) is 59.7 Å². The fourth-order valence-corrected chi connectivity index (χ4v) is 2.64. The zero-order chi connectivity index (χ0) is 23.3. The Morgan fingerprint density at radius 3 is 1.48 bits per heavy atom. The lowest BCUT2D eigenvalue weighted by Crippen LogP contribution is -2.40. The highest BCUT2D eigenvalue weighted by Gasteiger charge is 2.22. The number of aliphatic carboxylic acids is 4. The van der Waals surface area contributed by atoms with Gasteiger partial charge >= 0.3 is 23.9 Å². The maximum atomic E-state index is 11.1. The number of fused-ring (bicyclic) bond motifs is 1. The molecule has 14 heteroatoms. The molecule has 172 valence electrons. The SMILES string of the molecule is NS(=O)(=O)N1CCc2ccccc2C1.O.O=C(O)C=CC(=O)O.O=C(O)C=CC(=O)O. The summed E-state index contributed by atoms with van der Waals surface area (Å²) in [6.07, 6.45) is 2.97. The number of hydrogen-bond acceptors (Lipinski definition) is 6. The summed E-state index contributed by atoms with van der Waals surface area (Å²) < 4.78 is 23.5. The molecule has 8 N–H and O–H groups in total. The van der Waals surface area contributed by atoms with Crippen LogP contribution in [-0.4, -0.2) is 69.0 Å². The van der Waals surface area contributed by atoms with Gasteiger partial charge in [-0.1, -0.05) is 24.3 Å². The molecular weight excluding hydrogens is 440 g/mol. The van der Waals surface area contributed by atoms with Crippen molar-refractivity contribution in [1.82, 2.24) is 4.31 Å². The third-order valence-electron chi connectivity index (χ3n) is 3.19. The second kappa shape index (κ2) is 14.4. The van der Waals surface area contributed by atoms with Crippen LogP contribution in [0.1, 0.15) is 11.1 Å². The number of benzene rings is 1. The number of carboxylic acids is 4. The predicted octanol–water partition coefficient (Wildman–Crippen LogP) is -1.15. The zero-order valence-corrected chi connectivity index (χ0v) is 16.7. The number of nitrogens with zero attached hydrogens (tertiary/aromatic N) is 1. The van der Waals surface area contributed by atoms with E-state index in [2.05, 4.69) is 0 Å². The average Bonchev–Trinajstić information content (AvgIpc) is 2.64.